The van der Waals surface area contributed by atoms with Gasteiger partial charge >= 0.3 is 12.1 Å². The molecule has 2 unspecified atom stereocenters. The third kappa shape index (κ3) is 6.18. The zero-order chi connectivity index (χ0) is 25.6. The highest BCUT2D eigenvalue weighted by atomic mass is 32.1. The number of esters is 1. The molecule has 37 heavy (non-hydrogen) atoms. The van der Waals surface area contributed by atoms with Gasteiger partial charge < -0.3 is 19.5 Å². The van der Waals surface area contributed by atoms with Crippen LogP contribution in [0.1, 0.15) is 39.4 Å². The first kappa shape index (κ1) is 25.0. The highest BCUT2D eigenvalue weighted by molar-refractivity contribution is 7.08. The van der Waals surface area contributed by atoms with Crippen LogP contribution in [0.5, 0.6) is 0 Å². The van der Waals surface area contributed by atoms with Crippen LogP contribution in [0, 0.1) is 0 Å². The Balaban J connectivity index is 1.22. The van der Waals surface area contributed by atoms with Crippen LogP contribution in [0.15, 0.2) is 83.6 Å². The van der Waals surface area contributed by atoms with E-state index in [2.05, 4.69) is 54.6 Å². The summed E-state index contributed by atoms with van der Waals surface area (Å²) >= 11 is 1.47. The zero-order valence-corrected chi connectivity index (χ0v) is 21.2. The summed E-state index contributed by atoms with van der Waals surface area (Å²) in [5.74, 6) is -0.198. The van der Waals surface area contributed by atoms with Crippen molar-refractivity contribution in [2.24, 2.45) is 0 Å². The molecule has 1 saturated heterocycles. The molecule has 0 aliphatic carbocycles. The number of likely N-dealkylation sites (tertiary alicyclic amines) is 1. The van der Waals surface area contributed by atoms with E-state index in [1.807, 2.05) is 17.5 Å². The van der Waals surface area contributed by atoms with Crippen LogP contribution < -0.4 is 0 Å². The maximum absolute atomic E-state index is 12.0. The molecule has 7 heteroatoms. The van der Waals surface area contributed by atoms with Crippen molar-refractivity contribution in [3.05, 3.63) is 106 Å². The Morgan fingerprint density at radius 1 is 0.973 bits per heavy atom. The zero-order valence-electron chi connectivity index (χ0n) is 20.4. The van der Waals surface area contributed by atoms with Crippen molar-refractivity contribution in [2.45, 2.75) is 31.5 Å². The standard InChI is InChI=1S/C30H29NO5S/c32-29(26-13-16-37-20-26)35-15-12-21-5-9-24(10-6-21)27-11-14-31(30(33)34)18-28(27)36-19-22-7-8-23-3-1-2-4-25(23)17-22/h1-10,13,16-17,20,27-28H,11-12,14-15,18-19H2,(H,33,34). The molecule has 0 saturated carbocycles. The molecule has 190 valence electrons. The van der Waals surface area contributed by atoms with Crippen LogP contribution in [-0.2, 0) is 22.5 Å². The highest BCUT2D eigenvalue weighted by Crippen LogP contribution is 2.32. The van der Waals surface area contributed by atoms with E-state index in [4.69, 9.17) is 9.47 Å². The number of fused-ring (bicyclic) bond motifs is 1. The molecule has 1 aromatic heterocycles. The number of hydrogen-bond acceptors (Lipinski definition) is 5. The molecule has 1 fully saturated rings. The summed E-state index contributed by atoms with van der Waals surface area (Å²) in [6.45, 7) is 1.57. The monoisotopic (exact) mass is 515 g/mol. The molecule has 0 spiro atoms. The number of carboxylic acid groups (broad SMARTS) is 1. The first-order valence-corrected chi connectivity index (χ1v) is 13.4. The maximum atomic E-state index is 12.0. The second-order valence-electron chi connectivity index (χ2n) is 9.29. The summed E-state index contributed by atoms with van der Waals surface area (Å²) in [5.41, 5.74) is 3.87. The molecule has 1 aliphatic rings. The summed E-state index contributed by atoms with van der Waals surface area (Å²) in [6.07, 6.45) is 0.181. The number of thiophene rings is 1. The fourth-order valence-corrected chi connectivity index (χ4v) is 5.45. The van der Waals surface area contributed by atoms with E-state index in [1.165, 1.54) is 21.6 Å². The van der Waals surface area contributed by atoms with Crippen molar-refractivity contribution in [2.75, 3.05) is 19.7 Å². The van der Waals surface area contributed by atoms with Crippen LogP contribution in [-0.4, -0.2) is 47.9 Å². The third-order valence-corrected chi connectivity index (χ3v) is 7.58. The molecular weight excluding hydrogens is 486 g/mol. The largest absolute Gasteiger partial charge is 0.465 e. The Kier molecular flexibility index (Phi) is 7.82. The first-order valence-electron chi connectivity index (χ1n) is 12.4. The van der Waals surface area contributed by atoms with Crippen molar-refractivity contribution in [1.82, 2.24) is 4.90 Å². The van der Waals surface area contributed by atoms with Crippen LogP contribution in [0.25, 0.3) is 10.8 Å². The molecule has 0 bridgehead atoms. The molecular formula is C30H29NO5S. The molecule has 2 heterocycles. The molecule has 5 rings (SSSR count). The SMILES string of the molecule is O=C(OCCc1ccc(C2CCN(C(=O)O)CC2OCc2ccc3ccccc3c2)cc1)c1ccsc1. The predicted molar refractivity (Wildman–Crippen MR) is 144 cm³/mol. The summed E-state index contributed by atoms with van der Waals surface area (Å²) < 4.78 is 11.7. The Bertz CT molecular complexity index is 1350. The molecule has 4 aromatic rings. The predicted octanol–water partition coefficient (Wildman–Crippen LogP) is 6.35. The van der Waals surface area contributed by atoms with Gasteiger partial charge in [-0.3, -0.25) is 0 Å². The Hall–Kier alpha value is -3.68. The van der Waals surface area contributed by atoms with Crippen molar-refractivity contribution >= 4 is 34.2 Å². The molecule has 2 atom stereocenters. The normalized spacial score (nSPS) is 17.6. The summed E-state index contributed by atoms with van der Waals surface area (Å²) in [7, 11) is 0. The van der Waals surface area contributed by atoms with Gasteiger partial charge in [0.2, 0.25) is 0 Å². The Labute approximate surface area is 220 Å². The van der Waals surface area contributed by atoms with Gasteiger partial charge in [0.1, 0.15) is 0 Å². The van der Waals surface area contributed by atoms with E-state index in [0.29, 0.717) is 44.7 Å². The van der Waals surface area contributed by atoms with E-state index < -0.39 is 6.09 Å². The van der Waals surface area contributed by atoms with Gasteiger partial charge in [-0.25, -0.2) is 9.59 Å². The number of benzene rings is 3. The van der Waals surface area contributed by atoms with E-state index in [0.717, 1.165) is 22.1 Å². The summed E-state index contributed by atoms with van der Waals surface area (Å²) in [4.78, 5) is 25.1. The van der Waals surface area contributed by atoms with Crippen molar-refractivity contribution < 1.29 is 24.2 Å². The lowest BCUT2D eigenvalue weighted by molar-refractivity contribution is -0.0199. The quantitative estimate of drug-likeness (QED) is 0.277. The topological polar surface area (TPSA) is 76.1 Å². The van der Waals surface area contributed by atoms with E-state index in [1.54, 1.807) is 11.4 Å². The number of rotatable bonds is 8. The van der Waals surface area contributed by atoms with Crippen molar-refractivity contribution in [1.29, 1.82) is 0 Å². The average molecular weight is 516 g/mol. The van der Waals surface area contributed by atoms with Gasteiger partial charge in [-0.1, -0.05) is 60.7 Å². The van der Waals surface area contributed by atoms with E-state index in [9.17, 15) is 14.7 Å². The minimum Gasteiger partial charge on any atom is -0.465 e. The average Bonchev–Trinajstić information content (AvgIpc) is 3.47. The summed E-state index contributed by atoms with van der Waals surface area (Å²) in [5, 5.41) is 15.5. The van der Waals surface area contributed by atoms with Crippen molar-refractivity contribution in [3.63, 3.8) is 0 Å². The lowest BCUT2D eigenvalue weighted by atomic mass is 9.86. The maximum Gasteiger partial charge on any atom is 0.407 e. The minimum atomic E-state index is -0.912. The van der Waals surface area contributed by atoms with E-state index in [-0.39, 0.29) is 18.0 Å². The van der Waals surface area contributed by atoms with Gasteiger partial charge in [-0.15, -0.1) is 0 Å². The summed E-state index contributed by atoms with van der Waals surface area (Å²) in [6, 6.07) is 24.5. The Morgan fingerprint density at radius 2 is 1.76 bits per heavy atom. The minimum absolute atomic E-state index is 0.0986. The van der Waals surface area contributed by atoms with Gasteiger partial charge in [-0.05, 0) is 51.4 Å². The molecule has 1 N–H and O–H groups in total. The van der Waals surface area contributed by atoms with Gasteiger partial charge in [0.25, 0.3) is 0 Å². The number of ether oxygens (including phenoxy) is 2. The van der Waals surface area contributed by atoms with Crippen LogP contribution in [0.2, 0.25) is 0 Å². The molecule has 0 radical (unpaired) electrons. The van der Waals surface area contributed by atoms with Crippen LogP contribution in [0.3, 0.4) is 0 Å². The van der Waals surface area contributed by atoms with Gasteiger partial charge in [0, 0.05) is 24.3 Å². The number of carbonyl (C=O) groups is 2. The number of piperidine rings is 1. The molecule has 1 aliphatic heterocycles. The van der Waals surface area contributed by atoms with Gasteiger partial charge in [-0.2, -0.15) is 11.3 Å². The van der Waals surface area contributed by atoms with Gasteiger partial charge in [0.15, 0.2) is 0 Å². The fourth-order valence-electron chi connectivity index (χ4n) is 4.83. The second-order valence-corrected chi connectivity index (χ2v) is 10.1. The highest BCUT2D eigenvalue weighted by Gasteiger charge is 2.33. The lowest BCUT2D eigenvalue weighted by Gasteiger charge is -2.37. The molecule has 3 aromatic carbocycles. The number of nitrogens with zero attached hydrogens (tertiary/aromatic N) is 1. The fraction of sp³-hybridized carbons (Fsp3) is 0.267. The molecule has 6 nitrogen and oxygen atoms in total. The number of carbonyl (C=O) groups excluding carboxylic acids is 1. The lowest BCUT2D eigenvalue weighted by Crippen LogP contribution is -2.46. The number of amides is 1. The van der Waals surface area contributed by atoms with Gasteiger partial charge in [0.05, 0.1) is 31.4 Å². The third-order valence-electron chi connectivity index (χ3n) is 6.90. The Morgan fingerprint density at radius 3 is 2.51 bits per heavy atom. The van der Waals surface area contributed by atoms with Crippen LogP contribution >= 0.6 is 11.3 Å². The van der Waals surface area contributed by atoms with E-state index >= 15 is 0 Å². The number of hydrogen-bond donors (Lipinski definition) is 1. The second kappa shape index (κ2) is 11.6. The first-order chi connectivity index (χ1) is 18.1. The van der Waals surface area contributed by atoms with Crippen LogP contribution in [0.4, 0.5) is 4.79 Å². The van der Waals surface area contributed by atoms with Crippen molar-refractivity contribution in [3.8, 4) is 0 Å². The smallest absolute Gasteiger partial charge is 0.407 e. The molecule has 1 amide bonds.